The van der Waals surface area contributed by atoms with E-state index in [2.05, 4.69) is 16.0 Å². The van der Waals surface area contributed by atoms with Gasteiger partial charge in [-0.2, -0.15) is 0 Å². The number of anilines is 1. The lowest BCUT2D eigenvalue weighted by Gasteiger charge is -2.31. The molecular weight excluding hydrogens is 463 g/mol. The van der Waals surface area contributed by atoms with Crippen LogP contribution in [-0.4, -0.2) is 41.8 Å². The van der Waals surface area contributed by atoms with Crippen molar-refractivity contribution in [1.82, 2.24) is 15.5 Å². The van der Waals surface area contributed by atoms with Gasteiger partial charge in [0.2, 0.25) is 11.8 Å². The number of hydrogen-bond acceptors (Lipinski definition) is 4. The molecule has 7 nitrogen and oxygen atoms in total. The standard InChI is InChI=1S/C24H29ClN4O3.ClH/c1-14(2)20(28-22(30)15(3)26-4)24(32)29-13-16-9-5-6-10-17(16)21(29)23(31)27-19-12-8-7-11-18(19)25;/h5-12,14-15,20-21,26H,13H2,1-4H3,(H,27,31)(H,28,30);1H/t15-,20-,21?;/m0./s1. The molecule has 2 aromatic carbocycles. The highest BCUT2D eigenvalue weighted by molar-refractivity contribution is 6.33. The Bertz CT molecular complexity index is 1010. The predicted octanol–water partition coefficient (Wildman–Crippen LogP) is 3.53. The van der Waals surface area contributed by atoms with E-state index < -0.39 is 18.1 Å². The van der Waals surface area contributed by atoms with E-state index >= 15 is 0 Å². The van der Waals surface area contributed by atoms with Gasteiger partial charge in [-0.25, -0.2) is 0 Å². The predicted molar refractivity (Wildman–Crippen MR) is 132 cm³/mol. The van der Waals surface area contributed by atoms with E-state index in [0.29, 0.717) is 10.7 Å². The number of nitrogens with zero attached hydrogens (tertiary/aromatic N) is 1. The number of rotatable bonds is 7. The van der Waals surface area contributed by atoms with Gasteiger partial charge in [-0.15, -0.1) is 12.4 Å². The molecule has 0 saturated carbocycles. The fraction of sp³-hybridized carbons (Fsp3) is 0.375. The fourth-order valence-corrected chi connectivity index (χ4v) is 3.92. The number of amides is 3. The van der Waals surface area contributed by atoms with Crippen molar-refractivity contribution in [3.8, 4) is 0 Å². The Labute approximate surface area is 205 Å². The molecule has 0 radical (unpaired) electrons. The average molecular weight is 493 g/mol. The van der Waals surface area contributed by atoms with Crippen LogP contribution in [0.5, 0.6) is 0 Å². The van der Waals surface area contributed by atoms with Crippen LogP contribution in [0.2, 0.25) is 5.02 Å². The molecule has 0 spiro atoms. The molecule has 1 unspecified atom stereocenters. The maximum Gasteiger partial charge on any atom is 0.251 e. The van der Waals surface area contributed by atoms with Crippen molar-refractivity contribution in [1.29, 1.82) is 0 Å². The minimum atomic E-state index is -0.824. The van der Waals surface area contributed by atoms with Crippen LogP contribution >= 0.6 is 24.0 Å². The van der Waals surface area contributed by atoms with E-state index in [1.54, 1.807) is 38.2 Å². The number of hydrogen-bond donors (Lipinski definition) is 3. The Kier molecular flexibility index (Phi) is 9.28. The summed E-state index contributed by atoms with van der Waals surface area (Å²) in [6, 6.07) is 12.4. The maximum atomic E-state index is 13.6. The highest BCUT2D eigenvalue weighted by atomic mass is 35.5. The molecule has 0 aromatic heterocycles. The third-order valence-electron chi connectivity index (χ3n) is 5.72. The molecule has 0 bridgehead atoms. The van der Waals surface area contributed by atoms with Gasteiger partial charge in [0.1, 0.15) is 12.1 Å². The molecule has 0 aliphatic carbocycles. The first kappa shape index (κ1) is 26.6. The lowest BCUT2D eigenvalue weighted by molar-refractivity contribution is -0.143. The molecule has 0 saturated heterocycles. The molecule has 3 N–H and O–H groups in total. The number of benzene rings is 2. The van der Waals surface area contributed by atoms with Crippen molar-refractivity contribution >= 4 is 47.4 Å². The Hall–Kier alpha value is -2.61. The second-order valence-electron chi connectivity index (χ2n) is 8.28. The molecular formula is C24H30Cl2N4O3. The SMILES string of the molecule is CN[C@@H](C)C(=O)N[C@H](C(=O)N1Cc2ccccc2C1C(=O)Nc1ccccc1Cl)C(C)C.Cl. The summed E-state index contributed by atoms with van der Waals surface area (Å²) in [6.45, 7) is 5.75. The Morgan fingerprint density at radius 2 is 1.67 bits per heavy atom. The maximum absolute atomic E-state index is 13.6. The van der Waals surface area contributed by atoms with Crippen molar-refractivity contribution in [2.75, 3.05) is 12.4 Å². The monoisotopic (exact) mass is 492 g/mol. The average Bonchev–Trinajstić information content (AvgIpc) is 3.17. The highest BCUT2D eigenvalue weighted by Crippen LogP contribution is 2.36. The number of fused-ring (bicyclic) bond motifs is 1. The first-order valence-electron chi connectivity index (χ1n) is 10.7. The van der Waals surface area contributed by atoms with Gasteiger partial charge in [-0.05, 0) is 43.1 Å². The van der Waals surface area contributed by atoms with Gasteiger partial charge in [0, 0.05) is 6.54 Å². The van der Waals surface area contributed by atoms with Gasteiger partial charge in [0.25, 0.3) is 5.91 Å². The van der Waals surface area contributed by atoms with Crippen LogP contribution in [0.1, 0.15) is 37.9 Å². The van der Waals surface area contributed by atoms with Gasteiger partial charge in [-0.3, -0.25) is 14.4 Å². The molecule has 1 heterocycles. The van der Waals surface area contributed by atoms with Crippen LogP contribution in [0.3, 0.4) is 0 Å². The van der Waals surface area contributed by atoms with Crippen LogP contribution in [0.15, 0.2) is 48.5 Å². The summed E-state index contributed by atoms with van der Waals surface area (Å²) in [7, 11) is 1.68. The van der Waals surface area contributed by atoms with Gasteiger partial charge >= 0.3 is 0 Å². The third-order valence-corrected chi connectivity index (χ3v) is 6.05. The third kappa shape index (κ3) is 5.85. The van der Waals surface area contributed by atoms with Gasteiger partial charge < -0.3 is 20.9 Å². The number of carbonyl (C=O) groups is 3. The van der Waals surface area contributed by atoms with E-state index in [1.807, 2.05) is 38.1 Å². The minimum absolute atomic E-state index is 0. The van der Waals surface area contributed by atoms with Gasteiger partial charge in [-0.1, -0.05) is 61.8 Å². The lowest BCUT2D eigenvalue weighted by atomic mass is 10.0. The number of carbonyl (C=O) groups excluding carboxylic acids is 3. The van der Waals surface area contributed by atoms with Crippen molar-refractivity contribution in [2.45, 2.75) is 45.4 Å². The van der Waals surface area contributed by atoms with Crippen molar-refractivity contribution < 1.29 is 14.4 Å². The van der Waals surface area contributed by atoms with E-state index in [0.717, 1.165) is 11.1 Å². The van der Waals surface area contributed by atoms with Gasteiger partial charge in [0.05, 0.1) is 16.8 Å². The van der Waals surface area contributed by atoms with Crippen LogP contribution in [0, 0.1) is 5.92 Å². The molecule has 2 aromatic rings. The number of nitrogens with one attached hydrogen (secondary N) is 3. The Morgan fingerprint density at radius 1 is 1.03 bits per heavy atom. The number of para-hydroxylation sites is 1. The zero-order valence-corrected chi connectivity index (χ0v) is 20.7. The Morgan fingerprint density at radius 3 is 2.30 bits per heavy atom. The quantitative estimate of drug-likeness (QED) is 0.551. The second kappa shape index (κ2) is 11.5. The van der Waals surface area contributed by atoms with Crippen LogP contribution in [0.4, 0.5) is 5.69 Å². The minimum Gasteiger partial charge on any atom is -0.343 e. The lowest BCUT2D eigenvalue weighted by Crippen LogP contribution is -2.55. The summed E-state index contributed by atoms with van der Waals surface area (Å²) < 4.78 is 0. The largest absolute Gasteiger partial charge is 0.343 e. The molecule has 9 heteroatoms. The molecule has 1 aliphatic heterocycles. The Balaban J connectivity index is 0.00000385. The topological polar surface area (TPSA) is 90.5 Å². The fourth-order valence-electron chi connectivity index (χ4n) is 3.74. The second-order valence-corrected chi connectivity index (χ2v) is 8.68. The first-order chi connectivity index (χ1) is 15.2. The molecule has 1 aliphatic rings. The molecule has 178 valence electrons. The molecule has 3 rings (SSSR count). The van der Waals surface area contributed by atoms with E-state index in [4.69, 9.17) is 11.6 Å². The summed E-state index contributed by atoms with van der Waals surface area (Å²) in [5.74, 6) is -1.08. The number of halogens is 2. The van der Waals surface area contributed by atoms with Crippen LogP contribution < -0.4 is 16.0 Å². The van der Waals surface area contributed by atoms with Gasteiger partial charge in [0.15, 0.2) is 0 Å². The smallest absolute Gasteiger partial charge is 0.251 e. The first-order valence-corrected chi connectivity index (χ1v) is 11.0. The number of likely N-dealkylation sites (N-methyl/N-ethyl adjacent to an activating group) is 1. The highest BCUT2D eigenvalue weighted by Gasteiger charge is 2.42. The van der Waals surface area contributed by atoms with E-state index in [1.165, 1.54) is 4.90 Å². The summed E-state index contributed by atoms with van der Waals surface area (Å²) in [5, 5.41) is 8.99. The van der Waals surface area contributed by atoms with E-state index in [9.17, 15) is 14.4 Å². The molecule has 33 heavy (non-hydrogen) atoms. The summed E-state index contributed by atoms with van der Waals surface area (Å²) >= 11 is 6.22. The van der Waals surface area contributed by atoms with Crippen molar-refractivity contribution in [3.63, 3.8) is 0 Å². The molecule has 3 atom stereocenters. The van der Waals surface area contributed by atoms with Crippen molar-refractivity contribution in [2.24, 2.45) is 5.92 Å². The van der Waals surface area contributed by atoms with E-state index in [-0.39, 0.29) is 42.6 Å². The molecule has 3 amide bonds. The zero-order valence-electron chi connectivity index (χ0n) is 19.1. The van der Waals surface area contributed by atoms with Crippen LogP contribution in [-0.2, 0) is 20.9 Å². The molecule has 0 fully saturated rings. The summed E-state index contributed by atoms with van der Waals surface area (Å²) in [6.07, 6.45) is 0. The van der Waals surface area contributed by atoms with Crippen LogP contribution in [0.25, 0.3) is 0 Å². The van der Waals surface area contributed by atoms with Crippen molar-refractivity contribution in [3.05, 3.63) is 64.7 Å². The summed E-state index contributed by atoms with van der Waals surface area (Å²) in [4.78, 5) is 41.0. The summed E-state index contributed by atoms with van der Waals surface area (Å²) in [5.41, 5.74) is 2.15. The normalized spacial score (nSPS) is 16.4. The zero-order chi connectivity index (χ0) is 23.4.